The fraction of sp³-hybridized carbons (Fsp3) is 0.857. The number of amides is 1. The van der Waals surface area contributed by atoms with Gasteiger partial charge in [0.05, 0.1) is 6.61 Å². The van der Waals surface area contributed by atoms with Crippen molar-refractivity contribution in [3.63, 3.8) is 0 Å². The molecule has 0 aromatic heterocycles. The maximum atomic E-state index is 11.6. The molecule has 0 aliphatic rings. The van der Waals surface area contributed by atoms with Crippen LogP contribution in [0.2, 0.25) is 0 Å². The third-order valence-corrected chi connectivity index (χ3v) is 1.24. The lowest BCUT2D eigenvalue weighted by Gasteiger charge is -2.05. The predicted octanol–water partition coefficient (Wildman–Crippen LogP) is 1.22. The number of primary amides is 1. The van der Waals surface area contributed by atoms with Crippen molar-refractivity contribution < 1.29 is 22.7 Å². The molecule has 0 aliphatic carbocycles. The summed E-state index contributed by atoms with van der Waals surface area (Å²) in [4.78, 5) is 10.2. The summed E-state index contributed by atoms with van der Waals surface area (Å²) in [7, 11) is 0. The normalized spacial score (nSPS) is 11.6. The van der Waals surface area contributed by atoms with Crippen LogP contribution >= 0.6 is 0 Å². The first-order valence-corrected chi connectivity index (χ1v) is 3.84. The molecular weight excluding hydrogens is 187 g/mol. The van der Waals surface area contributed by atoms with Gasteiger partial charge >= 0.3 is 6.18 Å². The lowest BCUT2D eigenvalue weighted by atomic mass is 10.3. The second-order valence-corrected chi connectivity index (χ2v) is 2.55. The van der Waals surface area contributed by atoms with Gasteiger partial charge in [-0.25, -0.2) is 0 Å². The van der Waals surface area contributed by atoms with E-state index in [1.54, 1.807) is 0 Å². The second kappa shape index (κ2) is 5.80. The van der Waals surface area contributed by atoms with E-state index in [1.807, 2.05) is 0 Å². The molecule has 0 rings (SSSR count). The van der Waals surface area contributed by atoms with Crippen molar-refractivity contribution in [3.8, 4) is 0 Å². The van der Waals surface area contributed by atoms with Crippen LogP contribution in [0.25, 0.3) is 0 Å². The summed E-state index contributed by atoms with van der Waals surface area (Å²) in [5.74, 6) is -0.518. The summed E-state index contributed by atoms with van der Waals surface area (Å²) in [5, 5.41) is 0. The highest BCUT2D eigenvalue weighted by Crippen LogP contribution is 2.20. The zero-order valence-electron chi connectivity index (χ0n) is 7.06. The molecule has 0 aromatic rings. The van der Waals surface area contributed by atoms with E-state index >= 15 is 0 Å². The van der Waals surface area contributed by atoms with Crippen LogP contribution in [0.15, 0.2) is 0 Å². The van der Waals surface area contributed by atoms with E-state index in [0.29, 0.717) is 0 Å². The highest BCUT2D eigenvalue weighted by Gasteiger charge is 2.25. The average molecular weight is 199 g/mol. The fourth-order valence-electron chi connectivity index (χ4n) is 0.649. The first kappa shape index (κ1) is 12.2. The average Bonchev–Trinajstić information content (AvgIpc) is 1.93. The lowest BCUT2D eigenvalue weighted by molar-refractivity contribution is -0.138. The van der Waals surface area contributed by atoms with Gasteiger partial charge in [0.2, 0.25) is 5.91 Å². The minimum absolute atomic E-state index is 0.00674. The first-order chi connectivity index (χ1) is 5.92. The zero-order valence-corrected chi connectivity index (χ0v) is 7.06. The van der Waals surface area contributed by atoms with Gasteiger partial charge in [0, 0.05) is 19.4 Å². The van der Waals surface area contributed by atoms with Gasteiger partial charge in [0.1, 0.15) is 0 Å². The number of hydrogen-bond acceptors (Lipinski definition) is 2. The maximum Gasteiger partial charge on any atom is 0.389 e. The largest absolute Gasteiger partial charge is 0.389 e. The van der Waals surface area contributed by atoms with Crippen molar-refractivity contribution in [2.45, 2.75) is 25.4 Å². The molecule has 0 heterocycles. The smallest absolute Gasteiger partial charge is 0.381 e. The first-order valence-electron chi connectivity index (χ1n) is 3.84. The number of ether oxygens (including phenoxy) is 1. The van der Waals surface area contributed by atoms with Crippen molar-refractivity contribution in [1.82, 2.24) is 0 Å². The molecule has 13 heavy (non-hydrogen) atoms. The molecule has 0 unspecified atom stereocenters. The van der Waals surface area contributed by atoms with E-state index in [4.69, 9.17) is 10.5 Å². The SMILES string of the molecule is NC(=O)CCOCCCC(F)(F)F. The van der Waals surface area contributed by atoms with Gasteiger partial charge in [-0.05, 0) is 6.42 Å². The Hall–Kier alpha value is -0.780. The number of halogens is 3. The monoisotopic (exact) mass is 199 g/mol. The second-order valence-electron chi connectivity index (χ2n) is 2.55. The van der Waals surface area contributed by atoms with Gasteiger partial charge in [0.15, 0.2) is 0 Å². The third-order valence-electron chi connectivity index (χ3n) is 1.24. The fourth-order valence-corrected chi connectivity index (χ4v) is 0.649. The Balaban J connectivity index is 3.13. The Morgan fingerprint density at radius 2 is 1.92 bits per heavy atom. The van der Waals surface area contributed by atoms with E-state index in [0.717, 1.165) is 0 Å². The van der Waals surface area contributed by atoms with Crippen molar-refractivity contribution in [3.05, 3.63) is 0 Å². The molecule has 0 radical (unpaired) electrons. The molecule has 0 saturated heterocycles. The predicted molar refractivity (Wildman–Crippen MR) is 39.9 cm³/mol. The standard InChI is InChI=1S/C7H12F3NO2/c8-7(9,10)3-1-4-13-5-2-6(11)12/h1-5H2,(H2,11,12). The van der Waals surface area contributed by atoms with Crippen LogP contribution in [0.1, 0.15) is 19.3 Å². The van der Waals surface area contributed by atoms with Crippen LogP contribution in [-0.2, 0) is 9.53 Å². The van der Waals surface area contributed by atoms with Crippen LogP contribution in [0.4, 0.5) is 13.2 Å². The third kappa shape index (κ3) is 11.2. The molecule has 2 N–H and O–H groups in total. The summed E-state index contributed by atoms with van der Waals surface area (Å²) in [6.07, 6.45) is -5.02. The number of rotatable bonds is 6. The van der Waals surface area contributed by atoms with Gasteiger partial charge < -0.3 is 10.5 Å². The maximum absolute atomic E-state index is 11.6. The summed E-state index contributed by atoms with van der Waals surface area (Å²) in [6, 6.07) is 0. The number of hydrogen-bond donors (Lipinski definition) is 1. The molecule has 1 amide bonds. The van der Waals surface area contributed by atoms with Gasteiger partial charge in [-0.1, -0.05) is 0 Å². The Morgan fingerprint density at radius 3 is 2.38 bits per heavy atom. The quantitative estimate of drug-likeness (QED) is 0.654. The van der Waals surface area contributed by atoms with Gasteiger partial charge in [-0.3, -0.25) is 4.79 Å². The molecule has 0 spiro atoms. The van der Waals surface area contributed by atoms with Gasteiger partial charge in [-0.15, -0.1) is 0 Å². The lowest BCUT2D eigenvalue weighted by Crippen LogP contribution is -2.14. The minimum Gasteiger partial charge on any atom is -0.381 e. The number of alkyl halides is 3. The molecule has 0 saturated carbocycles. The van der Waals surface area contributed by atoms with E-state index in [-0.39, 0.29) is 26.1 Å². The van der Waals surface area contributed by atoms with Crippen LogP contribution in [-0.4, -0.2) is 25.3 Å². The van der Waals surface area contributed by atoms with Crippen molar-refractivity contribution in [2.75, 3.05) is 13.2 Å². The topological polar surface area (TPSA) is 52.3 Å². The van der Waals surface area contributed by atoms with E-state index in [2.05, 4.69) is 0 Å². The van der Waals surface area contributed by atoms with Crippen LogP contribution in [0.5, 0.6) is 0 Å². The molecular formula is C7H12F3NO2. The van der Waals surface area contributed by atoms with Crippen molar-refractivity contribution >= 4 is 5.91 Å². The van der Waals surface area contributed by atoms with Gasteiger partial charge in [0.25, 0.3) is 0 Å². The molecule has 78 valence electrons. The van der Waals surface area contributed by atoms with E-state index in [9.17, 15) is 18.0 Å². The molecule has 0 aliphatic heterocycles. The Bertz CT molecular complexity index is 158. The molecule has 0 fully saturated rings. The van der Waals surface area contributed by atoms with E-state index < -0.39 is 18.5 Å². The summed E-state index contributed by atoms with van der Waals surface area (Å²) in [6.45, 7) is 0.0972. The Morgan fingerprint density at radius 1 is 1.31 bits per heavy atom. The Kier molecular flexibility index (Phi) is 5.45. The van der Waals surface area contributed by atoms with Crippen LogP contribution in [0, 0.1) is 0 Å². The van der Waals surface area contributed by atoms with Crippen LogP contribution in [0.3, 0.4) is 0 Å². The van der Waals surface area contributed by atoms with E-state index in [1.165, 1.54) is 0 Å². The molecule has 0 atom stereocenters. The van der Waals surface area contributed by atoms with Crippen molar-refractivity contribution in [1.29, 1.82) is 0 Å². The molecule has 0 aromatic carbocycles. The summed E-state index contributed by atoms with van der Waals surface area (Å²) >= 11 is 0. The Labute approximate surface area is 74.0 Å². The minimum atomic E-state index is -4.13. The molecule has 6 heteroatoms. The van der Waals surface area contributed by atoms with Gasteiger partial charge in [-0.2, -0.15) is 13.2 Å². The highest BCUT2D eigenvalue weighted by atomic mass is 19.4. The highest BCUT2D eigenvalue weighted by molar-refractivity contribution is 5.73. The number of carbonyl (C=O) groups excluding carboxylic acids is 1. The molecule has 0 bridgehead atoms. The number of carbonyl (C=O) groups is 1. The zero-order chi connectivity index (χ0) is 10.3. The van der Waals surface area contributed by atoms with Crippen molar-refractivity contribution in [2.24, 2.45) is 5.73 Å². The summed E-state index contributed by atoms with van der Waals surface area (Å²) in [5.41, 5.74) is 4.78. The van der Waals surface area contributed by atoms with Crippen LogP contribution < -0.4 is 5.73 Å². The number of nitrogens with two attached hydrogens (primary N) is 1. The summed E-state index contributed by atoms with van der Waals surface area (Å²) < 4.78 is 39.4. The molecule has 3 nitrogen and oxygen atoms in total.